The van der Waals surface area contributed by atoms with Crippen molar-refractivity contribution in [2.24, 2.45) is 5.92 Å². The van der Waals surface area contributed by atoms with Crippen molar-refractivity contribution in [1.29, 1.82) is 0 Å². The summed E-state index contributed by atoms with van der Waals surface area (Å²) >= 11 is 0. The number of aliphatic hydroxyl groups is 1. The van der Waals surface area contributed by atoms with Crippen LogP contribution in [0.2, 0.25) is 0 Å². The zero-order valence-corrected chi connectivity index (χ0v) is 16.3. The topological polar surface area (TPSA) is 59.0 Å². The number of amides is 1. The SMILES string of the molecule is COc1ccc(C2(C(=O)N3CC[C@]4(O)CCCC[C@@H]4C3)CCOCC2)cc1. The van der Waals surface area contributed by atoms with Gasteiger partial charge in [0.25, 0.3) is 0 Å². The molecular weight excluding hydrogens is 342 g/mol. The first-order chi connectivity index (χ1) is 13.1. The molecule has 5 nitrogen and oxygen atoms in total. The number of rotatable bonds is 3. The second kappa shape index (κ2) is 7.44. The standard InChI is InChI=1S/C22H31NO4/c1-26-19-7-5-17(6-8-19)21(11-14-27-15-12-21)20(24)23-13-10-22(25)9-3-2-4-18(22)16-23/h5-8,18,25H,2-4,9-16H2,1H3/t18-,22-/m1/s1. The smallest absolute Gasteiger partial charge is 0.233 e. The summed E-state index contributed by atoms with van der Waals surface area (Å²) in [4.78, 5) is 15.8. The van der Waals surface area contributed by atoms with Crippen LogP contribution in [0.25, 0.3) is 0 Å². The molecule has 148 valence electrons. The summed E-state index contributed by atoms with van der Waals surface area (Å²) in [7, 11) is 1.66. The maximum Gasteiger partial charge on any atom is 0.233 e. The summed E-state index contributed by atoms with van der Waals surface area (Å²) in [6.45, 7) is 2.57. The lowest BCUT2D eigenvalue weighted by Crippen LogP contribution is -2.58. The maximum absolute atomic E-state index is 13.8. The van der Waals surface area contributed by atoms with Crippen LogP contribution in [0.5, 0.6) is 5.75 Å². The Labute approximate surface area is 161 Å². The molecule has 5 heteroatoms. The third-order valence-electron chi connectivity index (χ3n) is 7.11. The first-order valence-electron chi connectivity index (χ1n) is 10.3. The fraction of sp³-hybridized carbons (Fsp3) is 0.682. The molecule has 0 bridgehead atoms. The lowest BCUT2D eigenvalue weighted by atomic mass is 9.69. The Balaban J connectivity index is 1.59. The lowest BCUT2D eigenvalue weighted by Gasteiger charge is -2.50. The third kappa shape index (κ3) is 3.36. The average Bonchev–Trinajstić information content (AvgIpc) is 2.73. The minimum absolute atomic E-state index is 0.212. The Morgan fingerprint density at radius 3 is 2.59 bits per heavy atom. The highest BCUT2D eigenvalue weighted by Gasteiger charge is 2.49. The highest BCUT2D eigenvalue weighted by atomic mass is 16.5. The van der Waals surface area contributed by atoms with Crippen molar-refractivity contribution in [1.82, 2.24) is 4.90 Å². The Morgan fingerprint density at radius 1 is 1.15 bits per heavy atom. The summed E-state index contributed by atoms with van der Waals surface area (Å²) in [6.07, 6.45) is 6.31. The second-order valence-electron chi connectivity index (χ2n) is 8.47. The predicted molar refractivity (Wildman–Crippen MR) is 103 cm³/mol. The van der Waals surface area contributed by atoms with Crippen molar-refractivity contribution >= 4 is 5.91 Å². The molecule has 2 saturated heterocycles. The first-order valence-corrected chi connectivity index (χ1v) is 10.3. The molecule has 1 amide bonds. The summed E-state index contributed by atoms with van der Waals surface area (Å²) in [6, 6.07) is 7.94. The van der Waals surface area contributed by atoms with E-state index in [4.69, 9.17) is 9.47 Å². The van der Waals surface area contributed by atoms with Gasteiger partial charge in [-0.3, -0.25) is 4.79 Å². The van der Waals surface area contributed by atoms with Gasteiger partial charge in [-0.1, -0.05) is 25.0 Å². The van der Waals surface area contributed by atoms with Gasteiger partial charge >= 0.3 is 0 Å². The molecule has 0 unspecified atom stereocenters. The number of ether oxygens (including phenoxy) is 2. The van der Waals surface area contributed by atoms with Crippen LogP contribution in [-0.2, 0) is 14.9 Å². The van der Waals surface area contributed by atoms with Crippen LogP contribution in [0.15, 0.2) is 24.3 Å². The summed E-state index contributed by atoms with van der Waals surface area (Å²) in [5.74, 6) is 1.24. The maximum atomic E-state index is 13.8. The van der Waals surface area contributed by atoms with E-state index in [-0.39, 0.29) is 11.8 Å². The molecule has 1 N–H and O–H groups in total. The molecule has 0 spiro atoms. The highest BCUT2D eigenvalue weighted by Crippen LogP contribution is 2.43. The number of hydrogen-bond donors (Lipinski definition) is 1. The molecule has 3 aliphatic rings. The van der Waals surface area contributed by atoms with Gasteiger partial charge in [-0.25, -0.2) is 0 Å². The summed E-state index contributed by atoms with van der Waals surface area (Å²) in [5.41, 5.74) is -0.0202. The normalized spacial score (nSPS) is 30.4. The van der Waals surface area contributed by atoms with Gasteiger partial charge < -0.3 is 19.5 Å². The number of piperidine rings is 1. The molecule has 4 rings (SSSR count). The number of methoxy groups -OCH3 is 1. The molecule has 0 radical (unpaired) electrons. The molecule has 0 aromatic heterocycles. The fourth-order valence-corrected chi connectivity index (χ4v) is 5.31. The van der Waals surface area contributed by atoms with Crippen LogP contribution in [-0.4, -0.2) is 54.9 Å². The molecule has 27 heavy (non-hydrogen) atoms. The van der Waals surface area contributed by atoms with Crippen molar-refractivity contribution < 1.29 is 19.4 Å². The van der Waals surface area contributed by atoms with Gasteiger partial charge in [0.1, 0.15) is 5.75 Å². The molecule has 1 aromatic carbocycles. The largest absolute Gasteiger partial charge is 0.497 e. The van der Waals surface area contributed by atoms with Crippen LogP contribution < -0.4 is 4.74 Å². The van der Waals surface area contributed by atoms with Crippen molar-refractivity contribution in [3.63, 3.8) is 0 Å². The van der Waals surface area contributed by atoms with Crippen LogP contribution in [0.4, 0.5) is 0 Å². The lowest BCUT2D eigenvalue weighted by molar-refractivity contribution is -0.152. The van der Waals surface area contributed by atoms with Crippen LogP contribution in [0, 0.1) is 5.92 Å². The molecule has 1 aliphatic carbocycles. The second-order valence-corrected chi connectivity index (χ2v) is 8.47. The average molecular weight is 373 g/mol. The summed E-state index contributed by atoms with van der Waals surface area (Å²) in [5, 5.41) is 11.0. The molecule has 2 heterocycles. The van der Waals surface area contributed by atoms with Gasteiger partial charge in [-0.05, 0) is 49.8 Å². The Kier molecular flexibility index (Phi) is 5.17. The van der Waals surface area contributed by atoms with Gasteiger partial charge in [0.2, 0.25) is 5.91 Å². The minimum Gasteiger partial charge on any atom is -0.497 e. The van der Waals surface area contributed by atoms with Crippen LogP contribution >= 0.6 is 0 Å². The van der Waals surface area contributed by atoms with E-state index in [0.717, 1.165) is 37.0 Å². The Morgan fingerprint density at radius 2 is 1.89 bits per heavy atom. The van der Waals surface area contributed by atoms with E-state index in [1.807, 2.05) is 29.2 Å². The molecule has 1 saturated carbocycles. The molecule has 1 aromatic rings. The van der Waals surface area contributed by atoms with Crippen molar-refractivity contribution in [2.75, 3.05) is 33.4 Å². The van der Waals surface area contributed by atoms with Gasteiger partial charge in [0, 0.05) is 32.2 Å². The van der Waals surface area contributed by atoms with Gasteiger partial charge in [-0.2, -0.15) is 0 Å². The number of carbonyl (C=O) groups excluding carboxylic acids is 1. The number of carbonyl (C=O) groups is 1. The quantitative estimate of drug-likeness (QED) is 0.885. The minimum atomic E-state index is -0.558. The van der Waals surface area contributed by atoms with E-state index in [1.54, 1.807) is 7.11 Å². The Bertz CT molecular complexity index is 667. The van der Waals surface area contributed by atoms with E-state index in [9.17, 15) is 9.90 Å². The molecular formula is C22H31NO4. The van der Waals surface area contributed by atoms with E-state index in [2.05, 4.69) is 0 Å². The fourth-order valence-electron chi connectivity index (χ4n) is 5.31. The van der Waals surface area contributed by atoms with Crippen molar-refractivity contribution in [3.05, 3.63) is 29.8 Å². The van der Waals surface area contributed by atoms with Gasteiger partial charge in [-0.15, -0.1) is 0 Å². The number of hydrogen-bond acceptors (Lipinski definition) is 4. The number of benzene rings is 1. The third-order valence-corrected chi connectivity index (χ3v) is 7.11. The zero-order valence-electron chi connectivity index (χ0n) is 16.3. The van der Waals surface area contributed by atoms with Gasteiger partial charge in [0.05, 0.1) is 18.1 Å². The van der Waals surface area contributed by atoms with Gasteiger partial charge in [0.15, 0.2) is 0 Å². The van der Waals surface area contributed by atoms with Crippen LogP contribution in [0.1, 0.15) is 50.5 Å². The number of nitrogens with zero attached hydrogens (tertiary/aromatic N) is 1. The van der Waals surface area contributed by atoms with Crippen LogP contribution in [0.3, 0.4) is 0 Å². The van der Waals surface area contributed by atoms with E-state index >= 15 is 0 Å². The predicted octanol–water partition coefficient (Wildman–Crippen LogP) is 2.90. The number of likely N-dealkylation sites (tertiary alicyclic amines) is 1. The highest BCUT2D eigenvalue weighted by molar-refractivity contribution is 5.88. The Hall–Kier alpha value is -1.59. The van der Waals surface area contributed by atoms with Crippen molar-refractivity contribution in [2.45, 2.75) is 56.0 Å². The first kappa shape index (κ1) is 18.8. The zero-order chi connectivity index (χ0) is 18.9. The van der Waals surface area contributed by atoms with E-state index < -0.39 is 11.0 Å². The van der Waals surface area contributed by atoms with E-state index in [1.165, 1.54) is 0 Å². The van der Waals surface area contributed by atoms with E-state index in [0.29, 0.717) is 45.6 Å². The summed E-state index contributed by atoms with van der Waals surface area (Å²) < 4.78 is 10.9. The molecule has 2 atom stereocenters. The van der Waals surface area contributed by atoms with Crippen molar-refractivity contribution in [3.8, 4) is 5.75 Å². The number of fused-ring (bicyclic) bond motifs is 1. The molecule has 2 aliphatic heterocycles. The molecule has 3 fully saturated rings. The monoisotopic (exact) mass is 373 g/mol.